The molecule has 18 heavy (non-hydrogen) atoms. The highest BCUT2D eigenvalue weighted by Gasteiger charge is 2.29. The first kappa shape index (κ1) is 12.5. The van der Waals surface area contributed by atoms with Crippen LogP contribution < -0.4 is 5.73 Å². The molecule has 5 heteroatoms. The van der Waals surface area contributed by atoms with Gasteiger partial charge >= 0.3 is 6.09 Å². The molecule has 1 heterocycles. The lowest BCUT2D eigenvalue weighted by molar-refractivity contribution is 0.107. The van der Waals surface area contributed by atoms with E-state index in [1.807, 2.05) is 13.0 Å². The number of hydrogen-bond donors (Lipinski definition) is 3. The molecule has 2 rings (SSSR count). The number of benzene rings is 1. The molecule has 1 aliphatic heterocycles. The fourth-order valence-corrected chi connectivity index (χ4v) is 2.57. The molecule has 1 aromatic carbocycles. The molecule has 98 valence electrons. The molecule has 0 spiro atoms. The van der Waals surface area contributed by atoms with E-state index in [-0.39, 0.29) is 17.7 Å². The van der Waals surface area contributed by atoms with E-state index in [2.05, 4.69) is 0 Å². The maximum atomic E-state index is 11.0. The van der Waals surface area contributed by atoms with Gasteiger partial charge < -0.3 is 20.8 Å². The summed E-state index contributed by atoms with van der Waals surface area (Å²) in [5.41, 5.74) is 6.97. The molecule has 0 saturated carbocycles. The van der Waals surface area contributed by atoms with Gasteiger partial charge in [0.25, 0.3) is 0 Å². The van der Waals surface area contributed by atoms with Crippen molar-refractivity contribution in [3.63, 3.8) is 0 Å². The fraction of sp³-hybridized carbons (Fsp3) is 0.462. The summed E-state index contributed by atoms with van der Waals surface area (Å²) in [5.74, 6) is 0.378. The Morgan fingerprint density at radius 1 is 1.50 bits per heavy atom. The standard InChI is InChI=1S/C13H18N2O3/c1-8-6-10(4-5-15(8)13(17)18)9-2-3-11(14)12(16)7-9/h2-3,7-8,10,16H,4-6,14H2,1H3,(H,17,18)/t8-,10?/m1/s1. The van der Waals surface area contributed by atoms with Gasteiger partial charge in [-0.1, -0.05) is 6.07 Å². The Kier molecular flexibility index (Phi) is 3.32. The smallest absolute Gasteiger partial charge is 0.407 e. The molecule has 5 nitrogen and oxygen atoms in total. The predicted molar refractivity (Wildman–Crippen MR) is 68.7 cm³/mol. The number of carbonyl (C=O) groups is 1. The van der Waals surface area contributed by atoms with Crippen molar-refractivity contribution in [1.82, 2.24) is 4.90 Å². The normalized spacial score (nSPS) is 23.9. The Bertz CT molecular complexity index is 462. The van der Waals surface area contributed by atoms with Gasteiger partial charge in [-0.3, -0.25) is 0 Å². The molecule has 2 atom stereocenters. The Labute approximate surface area is 106 Å². The van der Waals surface area contributed by atoms with Crippen LogP contribution in [-0.4, -0.2) is 33.8 Å². The average Bonchev–Trinajstić information content (AvgIpc) is 2.32. The van der Waals surface area contributed by atoms with Crippen LogP contribution in [0.1, 0.15) is 31.2 Å². The van der Waals surface area contributed by atoms with Gasteiger partial charge in [0.1, 0.15) is 5.75 Å². The number of nitrogens with two attached hydrogens (primary N) is 1. The number of phenolic OH excluding ortho intramolecular Hbond substituents is 1. The minimum Gasteiger partial charge on any atom is -0.506 e. The third kappa shape index (κ3) is 2.34. The van der Waals surface area contributed by atoms with Crippen LogP contribution in [-0.2, 0) is 0 Å². The number of rotatable bonds is 1. The van der Waals surface area contributed by atoms with Crippen molar-refractivity contribution in [3.8, 4) is 5.75 Å². The third-order valence-electron chi connectivity index (χ3n) is 3.65. The Morgan fingerprint density at radius 2 is 2.22 bits per heavy atom. The van der Waals surface area contributed by atoms with Crippen LogP contribution in [0.25, 0.3) is 0 Å². The van der Waals surface area contributed by atoms with Crippen molar-refractivity contribution in [3.05, 3.63) is 23.8 Å². The van der Waals surface area contributed by atoms with E-state index in [0.29, 0.717) is 12.2 Å². The van der Waals surface area contributed by atoms with Gasteiger partial charge in [0.05, 0.1) is 5.69 Å². The van der Waals surface area contributed by atoms with Gasteiger partial charge in [0.2, 0.25) is 0 Å². The van der Waals surface area contributed by atoms with Crippen molar-refractivity contribution < 1.29 is 15.0 Å². The Morgan fingerprint density at radius 3 is 2.78 bits per heavy atom. The Hall–Kier alpha value is -1.91. The molecular formula is C13H18N2O3. The molecule has 4 N–H and O–H groups in total. The van der Waals surface area contributed by atoms with Gasteiger partial charge in [0.15, 0.2) is 0 Å². The highest BCUT2D eigenvalue weighted by molar-refractivity contribution is 5.65. The summed E-state index contributed by atoms with van der Waals surface area (Å²) in [6.07, 6.45) is 0.691. The lowest BCUT2D eigenvalue weighted by Crippen LogP contribution is -2.43. The molecule has 0 bridgehead atoms. The molecular weight excluding hydrogens is 232 g/mol. The van der Waals surface area contributed by atoms with Crippen molar-refractivity contribution in [2.24, 2.45) is 0 Å². The largest absolute Gasteiger partial charge is 0.506 e. The van der Waals surface area contributed by atoms with Crippen LogP contribution in [0.2, 0.25) is 0 Å². The molecule has 1 unspecified atom stereocenters. The van der Waals surface area contributed by atoms with E-state index in [0.717, 1.165) is 18.4 Å². The maximum absolute atomic E-state index is 11.0. The number of nitrogens with zero attached hydrogens (tertiary/aromatic N) is 1. The van der Waals surface area contributed by atoms with Crippen molar-refractivity contribution in [2.75, 3.05) is 12.3 Å². The quantitative estimate of drug-likeness (QED) is 0.527. The van der Waals surface area contributed by atoms with Crippen molar-refractivity contribution >= 4 is 11.8 Å². The van der Waals surface area contributed by atoms with Gasteiger partial charge in [-0.05, 0) is 43.4 Å². The monoisotopic (exact) mass is 250 g/mol. The van der Waals surface area contributed by atoms with Crippen molar-refractivity contribution in [1.29, 1.82) is 0 Å². The average molecular weight is 250 g/mol. The van der Waals surface area contributed by atoms with E-state index in [9.17, 15) is 9.90 Å². The number of carboxylic acid groups (broad SMARTS) is 1. The van der Waals surface area contributed by atoms with E-state index >= 15 is 0 Å². The summed E-state index contributed by atoms with van der Waals surface area (Å²) in [6.45, 7) is 2.45. The minimum atomic E-state index is -0.860. The molecule has 1 aliphatic rings. The second kappa shape index (κ2) is 4.76. The first-order valence-corrected chi connectivity index (χ1v) is 6.07. The third-order valence-corrected chi connectivity index (χ3v) is 3.65. The zero-order valence-corrected chi connectivity index (χ0v) is 10.3. The lowest BCUT2D eigenvalue weighted by Gasteiger charge is -2.36. The van der Waals surface area contributed by atoms with E-state index in [4.69, 9.17) is 10.8 Å². The molecule has 1 fully saturated rings. The van der Waals surface area contributed by atoms with Crippen LogP contribution >= 0.6 is 0 Å². The summed E-state index contributed by atoms with van der Waals surface area (Å²) in [5, 5.41) is 18.6. The van der Waals surface area contributed by atoms with Crippen LogP contribution in [0.15, 0.2) is 18.2 Å². The SMILES string of the molecule is C[C@@H]1CC(c2ccc(N)c(O)c2)CCN1C(=O)O. The number of piperidine rings is 1. The summed E-state index contributed by atoms with van der Waals surface area (Å²) < 4.78 is 0. The molecule has 1 aromatic rings. The molecule has 1 saturated heterocycles. The van der Waals surface area contributed by atoms with Gasteiger partial charge in [-0.15, -0.1) is 0 Å². The lowest BCUT2D eigenvalue weighted by atomic mass is 9.86. The second-order valence-electron chi connectivity index (χ2n) is 4.86. The number of phenols is 1. The highest BCUT2D eigenvalue weighted by Crippen LogP contribution is 2.34. The molecule has 0 aromatic heterocycles. The zero-order valence-electron chi connectivity index (χ0n) is 10.3. The first-order chi connectivity index (χ1) is 8.49. The van der Waals surface area contributed by atoms with Crippen LogP contribution in [0.4, 0.5) is 10.5 Å². The maximum Gasteiger partial charge on any atom is 0.407 e. The summed E-state index contributed by atoms with van der Waals surface area (Å²) in [7, 11) is 0. The van der Waals surface area contributed by atoms with Gasteiger partial charge in [0, 0.05) is 12.6 Å². The summed E-state index contributed by atoms with van der Waals surface area (Å²) >= 11 is 0. The number of nitrogen functional groups attached to an aromatic ring is 1. The second-order valence-corrected chi connectivity index (χ2v) is 4.86. The van der Waals surface area contributed by atoms with Crippen LogP contribution in [0.3, 0.4) is 0 Å². The minimum absolute atomic E-state index is 0.000876. The predicted octanol–water partition coefficient (Wildman–Crippen LogP) is 2.22. The molecule has 0 radical (unpaired) electrons. The van der Waals surface area contributed by atoms with E-state index in [1.165, 1.54) is 4.90 Å². The zero-order chi connectivity index (χ0) is 13.3. The number of anilines is 1. The summed E-state index contributed by atoms with van der Waals surface area (Å²) in [6, 6.07) is 5.28. The Balaban J connectivity index is 2.12. The molecule has 1 amide bonds. The fourth-order valence-electron chi connectivity index (χ4n) is 2.57. The van der Waals surface area contributed by atoms with E-state index in [1.54, 1.807) is 12.1 Å². The first-order valence-electron chi connectivity index (χ1n) is 6.07. The summed E-state index contributed by atoms with van der Waals surface area (Å²) in [4.78, 5) is 12.4. The van der Waals surface area contributed by atoms with Crippen LogP contribution in [0, 0.1) is 0 Å². The topological polar surface area (TPSA) is 86.8 Å². The number of aromatic hydroxyl groups is 1. The van der Waals surface area contributed by atoms with Crippen molar-refractivity contribution in [2.45, 2.75) is 31.7 Å². The van der Waals surface area contributed by atoms with E-state index < -0.39 is 6.09 Å². The molecule has 0 aliphatic carbocycles. The van der Waals surface area contributed by atoms with Gasteiger partial charge in [-0.25, -0.2) is 4.79 Å². The number of amides is 1. The number of likely N-dealkylation sites (tertiary alicyclic amines) is 1. The number of hydrogen-bond acceptors (Lipinski definition) is 3. The highest BCUT2D eigenvalue weighted by atomic mass is 16.4. The van der Waals surface area contributed by atoms with Gasteiger partial charge in [-0.2, -0.15) is 0 Å². The van der Waals surface area contributed by atoms with Crippen LogP contribution in [0.5, 0.6) is 5.75 Å².